The largest absolute Gasteiger partial charge is 0.454 e. The zero-order chi connectivity index (χ0) is 19.3. The van der Waals surface area contributed by atoms with Gasteiger partial charge in [-0.2, -0.15) is 0 Å². The molecule has 0 spiro atoms. The Bertz CT molecular complexity index is 618. The summed E-state index contributed by atoms with van der Waals surface area (Å²) >= 11 is 0. The average Bonchev–Trinajstić information content (AvgIpc) is 3.12. The molecule has 1 saturated heterocycles. The quantitative estimate of drug-likeness (QED) is 0.655. The minimum absolute atomic E-state index is 0.0621. The zero-order valence-corrected chi connectivity index (χ0v) is 17.7. The summed E-state index contributed by atoms with van der Waals surface area (Å²) < 4.78 is 17.1. The second-order valence-electron chi connectivity index (χ2n) is 9.23. The van der Waals surface area contributed by atoms with Gasteiger partial charge in [0.2, 0.25) is 6.79 Å². The molecule has 2 atom stereocenters. The first-order valence-electron chi connectivity index (χ1n) is 10.8. The molecule has 1 aromatic carbocycles. The molecule has 0 unspecified atom stereocenters. The van der Waals surface area contributed by atoms with Crippen molar-refractivity contribution in [1.82, 2.24) is 0 Å². The zero-order valence-electron chi connectivity index (χ0n) is 17.7. The van der Waals surface area contributed by atoms with E-state index in [2.05, 4.69) is 45.1 Å². The molecule has 0 aromatic heterocycles. The topological polar surface area (TPSA) is 44.3 Å². The summed E-state index contributed by atoms with van der Waals surface area (Å²) in [6.07, 6.45) is 7.47. The van der Waals surface area contributed by atoms with Crippen molar-refractivity contribution in [2.24, 2.45) is 11.3 Å². The fourth-order valence-electron chi connectivity index (χ4n) is 4.57. The first kappa shape index (κ1) is 20.5. The summed E-state index contributed by atoms with van der Waals surface area (Å²) in [6, 6.07) is 6.30. The van der Waals surface area contributed by atoms with Crippen molar-refractivity contribution in [2.45, 2.75) is 78.4 Å². The van der Waals surface area contributed by atoms with Gasteiger partial charge >= 0.3 is 0 Å². The van der Waals surface area contributed by atoms with Gasteiger partial charge in [0.05, 0.1) is 12.1 Å². The number of benzene rings is 1. The molecule has 2 aliphatic rings. The van der Waals surface area contributed by atoms with Gasteiger partial charge in [0.15, 0.2) is 11.5 Å². The highest BCUT2D eigenvalue weighted by atomic mass is 16.7. The highest BCUT2D eigenvalue weighted by Gasteiger charge is 2.42. The van der Waals surface area contributed by atoms with Gasteiger partial charge in [0.25, 0.3) is 0 Å². The lowest BCUT2D eigenvalue weighted by Gasteiger charge is -2.46. The van der Waals surface area contributed by atoms with Crippen molar-refractivity contribution in [3.05, 3.63) is 23.8 Å². The first-order chi connectivity index (χ1) is 12.9. The van der Waals surface area contributed by atoms with Crippen molar-refractivity contribution in [3.8, 4) is 11.5 Å². The van der Waals surface area contributed by atoms with Crippen LogP contribution in [0.1, 0.15) is 71.8 Å². The van der Waals surface area contributed by atoms with Crippen LogP contribution in [0.15, 0.2) is 18.2 Å². The Hall–Kier alpha value is -1.26. The molecule has 2 N–H and O–H groups in total. The summed E-state index contributed by atoms with van der Waals surface area (Å²) in [5, 5.41) is 2.45. The molecule has 0 radical (unpaired) electrons. The predicted octanol–water partition coefficient (Wildman–Crippen LogP) is 4.27. The number of nitrogens with two attached hydrogens (primary N) is 1. The second-order valence-corrected chi connectivity index (χ2v) is 9.23. The normalized spacial score (nSPS) is 27.3. The minimum atomic E-state index is 0.0621. The van der Waals surface area contributed by atoms with E-state index in [-0.39, 0.29) is 5.60 Å². The lowest BCUT2D eigenvalue weighted by Crippen LogP contribution is -2.83. The van der Waals surface area contributed by atoms with E-state index in [1.807, 2.05) is 6.07 Å². The molecule has 0 amide bonds. The Labute approximate surface area is 165 Å². The van der Waals surface area contributed by atoms with Crippen LogP contribution in [-0.2, 0) is 11.3 Å². The van der Waals surface area contributed by atoms with Crippen LogP contribution in [-0.4, -0.2) is 25.5 Å². The van der Waals surface area contributed by atoms with Crippen LogP contribution in [0.4, 0.5) is 0 Å². The molecule has 2 aliphatic heterocycles. The number of rotatable bonds is 9. The van der Waals surface area contributed by atoms with Gasteiger partial charge in [0, 0.05) is 18.6 Å². The van der Waals surface area contributed by atoms with Crippen molar-refractivity contribution in [2.75, 3.05) is 19.9 Å². The summed E-state index contributed by atoms with van der Waals surface area (Å²) in [6.45, 7) is 12.7. The van der Waals surface area contributed by atoms with Gasteiger partial charge in [-0.25, -0.2) is 0 Å². The molecule has 3 rings (SSSR count). The van der Waals surface area contributed by atoms with Crippen molar-refractivity contribution in [1.29, 1.82) is 0 Å². The average molecular weight is 377 g/mol. The van der Waals surface area contributed by atoms with Crippen molar-refractivity contribution in [3.63, 3.8) is 0 Å². The van der Waals surface area contributed by atoms with Gasteiger partial charge < -0.3 is 19.5 Å². The van der Waals surface area contributed by atoms with Crippen LogP contribution in [0.25, 0.3) is 0 Å². The molecule has 152 valence electrons. The van der Waals surface area contributed by atoms with Crippen LogP contribution >= 0.6 is 0 Å². The summed E-state index contributed by atoms with van der Waals surface area (Å²) in [7, 11) is 0. The first-order valence-corrected chi connectivity index (χ1v) is 10.8. The van der Waals surface area contributed by atoms with Crippen LogP contribution < -0.4 is 14.8 Å². The smallest absolute Gasteiger partial charge is 0.231 e. The fraction of sp³-hybridized carbons (Fsp3) is 0.739. The van der Waals surface area contributed by atoms with Gasteiger partial charge in [-0.1, -0.05) is 27.2 Å². The number of hydrogen-bond acceptors (Lipinski definition) is 3. The van der Waals surface area contributed by atoms with E-state index in [4.69, 9.17) is 14.2 Å². The summed E-state index contributed by atoms with van der Waals surface area (Å²) in [5.41, 5.74) is 1.81. The monoisotopic (exact) mass is 376 g/mol. The molecule has 27 heavy (non-hydrogen) atoms. The minimum Gasteiger partial charge on any atom is -0.454 e. The standard InChI is InChI=1S/C23H37NO3/c1-5-22(4)16-23(11-13-27-22,9-8-18(2)3)10-12-24-15-19-6-7-20-21(14-19)26-17-25-20/h6-7,14,18,24H,5,8-13,15-17H2,1-4H3/p+1/t22-,23-/m1/s1. The van der Waals surface area contributed by atoms with Gasteiger partial charge in [-0.3, -0.25) is 0 Å². The van der Waals surface area contributed by atoms with Crippen molar-refractivity contribution < 1.29 is 19.5 Å². The maximum Gasteiger partial charge on any atom is 0.231 e. The molecule has 1 aromatic rings. The third-order valence-corrected chi connectivity index (χ3v) is 6.53. The molecular formula is C23H38NO3+. The second kappa shape index (κ2) is 8.83. The van der Waals surface area contributed by atoms with Gasteiger partial charge in [0.1, 0.15) is 6.54 Å². The third-order valence-electron chi connectivity index (χ3n) is 6.53. The Morgan fingerprint density at radius 3 is 2.74 bits per heavy atom. The summed E-state index contributed by atoms with van der Waals surface area (Å²) in [5.74, 6) is 2.53. The number of hydrogen-bond donors (Lipinski definition) is 1. The van der Waals surface area contributed by atoms with E-state index in [1.54, 1.807) is 0 Å². The Kier molecular flexibility index (Phi) is 6.69. The SMILES string of the molecule is CC[C@]1(C)C[C@@](CC[NH2+]Cc2ccc3c(c2)OCO3)(CCC(C)C)CCO1. The Balaban J connectivity index is 1.54. The van der Waals surface area contributed by atoms with Crippen LogP contribution in [0.3, 0.4) is 0 Å². The fourth-order valence-corrected chi connectivity index (χ4v) is 4.57. The predicted molar refractivity (Wildman–Crippen MR) is 108 cm³/mol. The Morgan fingerprint density at radius 2 is 1.96 bits per heavy atom. The molecule has 0 bridgehead atoms. The maximum atomic E-state index is 6.16. The van der Waals surface area contributed by atoms with Crippen LogP contribution in [0, 0.1) is 11.3 Å². The highest BCUT2D eigenvalue weighted by Crippen LogP contribution is 2.46. The molecular weight excluding hydrogens is 338 g/mol. The molecule has 4 nitrogen and oxygen atoms in total. The van der Waals surface area contributed by atoms with Crippen molar-refractivity contribution >= 4 is 0 Å². The molecule has 4 heteroatoms. The summed E-state index contributed by atoms with van der Waals surface area (Å²) in [4.78, 5) is 0. The molecule has 2 heterocycles. The van der Waals surface area contributed by atoms with Gasteiger partial charge in [-0.05, 0) is 62.1 Å². The van der Waals surface area contributed by atoms with E-state index in [1.165, 1.54) is 44.2 Å². The molecule has 0 aliphatic carbocycles. The molecule has 0 saturated carbocycles. The highest BCUT2D eigenvalue weighted by molar-refractivity contribution is 5.44. The third kappa shape index (κ3) is 5.39. The maximum absolute atomic E-state index is 6.16. The van der Waals surface area contributed by atoms with E-state index < -0.39 is 0 Å². The number of ether oxygens (including phenoxy) is 3. The van der Waals surface area contributed by atoms with Crippen LogP contribution in [0.5, 0.6) is 11.5 Å². The number of fused-ring (bicyclic) bond motifs is 1. The van der Waals surface area contributed by atoms with E-state index >= 15 is 0 Å². The van der Waals surface area contributed by atoms with E-state index in [0.29, 0.717) is 12.2 Å². The van der Waals surface area contributed by atoms with E-state index in [9.17, 15) is 0 Å². The van der Waals surface area contributed by atoms with E-state index in [0.717, 1.165) is 37.0 Å². The lowest BCUT2D eigenvalue weighted by atomic mass is 9.67. The Morgan fingerprint density at radius 1 is 1.15 bits per heavy atom. The molecule has 1 fully saturated rings. The van der Waals surface area contributed by atoms with Gasteiger partial charge in [-0.15, -0.1) is 0 Å². The number of quaternary nitrogens is 1. The lowest BCUT2D eigenvalue weighted by molar-refractivity contribution is -0.672. The van der Waals surface area contributed by atoms with Crippen LogP contribution in [0.2, 0.25) is 0 Å².